The summed E-state index contributed by atoms with van der Waals surface area (Å²) in [6.07, 6.45) is 11.7. The SMILES string of the molecule is CCCCCCc1ccc(-c2ccc(C3COC(CCCCC)CO3)cc2)cc1. The van der Waals surface area contributed by atoms with Crippen molar-refractivity contribution in [1.29, 1.82) is 0 Å². The van der Waals surface area contributed by atoms with Gasteiger partial charge in [0.05, 0.1) is 19.3 Å². The lowest BCUT2D eigenvalue weighted by molar-refractivity contribution is -0.137. The van der Waals surface area contributed by atoms with Crippen LogP contribution in [0.5, 0.6) is 0 Å². The fourth-order valence-corrected chi connectivity index (χ4v) is 4.03. The second kappa shape index (κ2) is 12.1. The molecule has 0 bridgehead atoms. The summed E-state index contributed by atoms with van der Waals surface area (Å²) in [7, 11) is 0. The van der Waals surface area contributed by atoms with Crippen molar-refractivity contribution in [1.82, 2.24) is 0 Å². The van der Waals surface area contributed by atoms with Crippen molar-refractivity contribution in [3.8, 4) is 11.1 Å². The molecule has 2 aromatic carbocycles. The quantitative estimate of drug-likeness (QED) is 0.367. The molecule has 1 saturated heterocycles. The zero-order valence-electron chi connectivity index (χ0n) is 18.4. The summed E-state index contributed by atoms with van der Waals surface area (Å²) >= 11 is 0. The average Bonchev–Trinajstić information content (AvgIpc) is 2.78. The molecule has 0 amide bonds. The van der Waals surface area contributed by atoms with Crippen LogP contribution in [0.1, 0.15) is 82.4 Å². The average molecular weight is 395 g/mol. The van der Waals surface area contributed by atoms with Gasteiger partial charge in [-0.3, -0.25) is 0 Å². The van der Waals surface area contributed by atoms with E-state index < -0.39 is 0 Å². The molecule has 2 nitrogen and oxygen atoms in total. The Balaban J connectivity index is 1.49. The van der Waals surface area contributed by atoms with Crippen LogP contribution in [0.2, 0.25) is 0 Å². The predicted octanol–water partition coefficient (Wildman–Crippen LogP) is 7.51. The maximum absolute atomic E-state index is 6.10. The van der Waals surface area contributed by atoms with E-state index in [1.807, 2.05) is 0 Å². The highest BCUT2D eigenvalue weighted by Crippen LogP contribution is 2.27. The lowest BCUT2D eigenvalue weighted by Crippen LogP contribution is -2.31. The first kappa shape index (κ1) is 22.1. The normalized spacial score (nSPS) is 19.4. The second-order valence-corrected chi connectivity index (χ2v) is 8.40. The van der Waals surface area contributed by atoms with Crippen LogP contribution in [0.3, 0.4) is 0 Å². The molecule has 0 saturated carbocycles. The van der Waals surface area contributed by atoms with Crippen molar-refractivity contribution >= 4 is 0 Å². The summed E-state index contributed by atoms with van der Waals surface area (Å²) in [5.41, 5.74) is 5.21. The minimum atomic E-state index is 0.0666. The lowest BCUT2D eigenvalue weighted by Gasteiger charge is -2.30. The van der Waals surface area contributed by atoms with Gasteiger partial charge in [-0.15, -0.1) is 0 Å². The number of hydrogen-bond acceptors (Lipinski definition) is 2. The van der Waals surface area contributed by atoms with Gasteiger partial charge in [-0.2, -0.15) is 0 Å². The number of aryl methyl sites for hydroxylation is 1. The molecule has 29 heavy (non-hydrogen) atoms. The van der Waals surface area contributed by atoms with Crippen LogP contribution in [0, 0.1) is 0 Å². The van der Waals surface area contributed by atoms with Crippen LogP contribution >= 0.6 is 0 Å². The van der Waals surface area contributed by atoms with E-state index >= 15 is 0 Å². The van der Waals surface area contributed by atoms with Gasteiger partial charge in [0.1, 0.15) is 6.10 Å². The molecule has 0 N–H and O–H groups in total. The molecule has 0 aliphatic carbocycles. The smallest absolute Gasteiger partial charge is 0.106 e. The van der Waals surface area contributed by atoms with E-state index in [0.717, 1.165) is 13.0 Å². The van der Waals surface area contributed by atoms with Crippen molar-refractivity contribution in [3.05, 3.63) is 59.7 Å². The Hall–Kier alpha value is -1.64. The predicted molar refractivity (Wildman–Crippen MR) is 122 cm³/mol. The highest BCUT2D eigenvalue weighted by atomic mass is 16.6. The van der Waals surface area contributed by atoms with Gasteiger partial charge in [0.15, 0.2) is 0 Å². The zero-order chi connectivity index (χ0) is 20.3. The Morgan fingerprint density at radius 2 is 1.34 bits per heavy atom. The Labute approximate surface area is 177 Å². The van der Waals surface area contributed by atoms with Crippen LogP contribution in [-0.4, -0.2) is 19.3 Å². The summed E-state index contributed by atoms with van der Waals surface area (Å²) in [6.45, 7) is 5.89. The van der Waals surface area contributed by atoms with Gasteiger partial charge < -0.3 is 9.47 Å². The number of benzene rings is 2. The number of unbranched alkanes of at least 4 members (excludes halogenated alkanes) is 5. The highest BCUT2D eigenvalue weighted by molar-refractivity contribution is 5.64. The number of ether oxygens (including phenoxy) is 2. The van der Waals surface area contributed by atoms with Gasteiger partial charge in [0.25, 0.3) is 0 Å². The summed E-state index contributed by atoms with van der Waals surface area (Å²) in [6, 6.07) is 17.9. The van der Waals surface area contributed by atoms with Gasteiger partial charge in [-0.1, -0.05) is 101 Å². The fraction of sp³-hybridized carbons (Fsp3) is 0.556. The molecule has 2 unspecified atom stereocenters. The minimum Gasteiger partial charge on any atom is -0.373 e. The summed E-state index contributed by atoms with van der Waals surface area (Å²) in [5, 5.41) is 0. The Morgan fingerprint density at radius 1 is 0.690 bits per heavy atom. The molecule has 1 aliphatic heterocycles. The molecule has 0 radical (unpaired) electrons. The molecule has 2 heteroatoms. The van der Waals surface area contributed by atoms with E-state index in [1.54, 1.807) is 0 Å². The van der Waals surface area contributed by atoms with Gasteiger partial charge in [-0.05, 0) is 41.5 Å². The highest BCUT2D eigenvalue weighted by Gasteiger charge is 2.23. The van der Waals surface area contributed by atoms with Crippen LogP contribution in [0.15, 0.2) is 48.5 Å². The van der Waals surface area contributed by atoms with Crippen LogP contribution < -0.4 is 0 Å². The molecule has 0 spiro atoms. The molecule has 1 fully saturated rings. The van der Waals surface area contributed by atoms with Crippen molar-refractivity contribution in [2.24, 2.45) is 0 Å². The van der Waals surface area contributed by atoms with Crippen molar-refractivity contribution in [2.75, 3.05) is 13.2 Å². The van der Waals surface area contributed by atoms with E-state index in [9.17, 15) is 0 Å². The van der Waals surface area contributed by atoms with E-state index in [2.05, 4.69) is 62.4 Å². The third-order valence-electron chi connectivity index (χ3n) is 5.98. The lowest BCUT2D eigenvalue weighted by atomic mass is 9.99. The van der Waals surface area contributed by atoms with Gasteiger partial charge in [0, 0.05) is 0 Å². The molecule has 2 aromatic rings. The molecule has 3 rings (SSSR count). The van der Waals surface area contributed by atoms with E-state index in [4.69, 9.17) is 9.47 Å². The van der Waals surface area contributed by atoms with Gasteiger partial charge >= 0.3 is 0 Å². The molecule has 158 valence electrons. The molecular weight excluding hydrogens is 356 g/mol. The third-order valence-corrected chi connectivity index (χ3v) is 5.98. The van der Waals surface area contributed by atoms with Gasteiger partial charge in [0.2, 0.25) is 0 Å². The van der Waals surface area contributed by atoms with E-state index in [-0.39, 0.29) is 12.2 Å². The van der Waals surface area contributed by atoms with Gasteiger partial charge in [-0.25, -0.2) is 0 Å². The van der Waals surface area contributed by atoms with Crippen LogP contribution in [0.4, 0.5) is 0 Å². The Morgan fingerprint density at radius 3 is 1.97 bits per heavy atom. The Bertz CT molecular complexity index is 681. The van der Waals surface area contributed by atoms with E-state index in [1.165, 1.54) is 73.6 Å². The number of rotatable bonds is 11. The van der Waals surface area contributed by atoms with Crippen LogP contribution in [-0.2, 0) is 15.9 Å². The largest absolute Gasteiger partial charge is 0.373 e. The van der Waals surface area contributed by atoms with Crippen molar-refractivity contribution in [2.45, 2.75) is 83.8 Å². The van der Waals surface area contributed by atoms with Crippen LogP contribution in [0.25, 0.3) is 11.1 Å². The maximum atomic E-state index is 6.10. The molecular formula is C27H38O2. The second-order valence-electron chi connectivity index (χ2n) is 8.40. The first-order valence-corrected chi connectivity index (χ1v) is 11.7. The minimum absolute atomic E-state index is 0.0666. The first-order valence-electron chi connectivity index (χ1n) is 11.7. The summed E-state index contributed by atoms with van der Waals surface area (Å²) in [4.78, 5) is 0. The molecule has 1 aliphatic rings. The molecule has 1 heterocycles. The monoisotopic (exact) mass is 394 g/mol. The standard InChI is InChI=1S/C27H38O2/c1-3-5-7-9-10-22-12-14-23(15-13-22)24-16-18-25(19-17-24)27-21-28-26(20-29-27)11-8-6-4-2/h12-19,26-27H,3-11,20-21H2,1-2H3. The molecule has 0 aromatic heterocycles. The molecule has 2 atom stereocenters. The first-order chi connectivity index (χ1) is 14.3. The Kier molecular flexibility index (Phi) is 9.24. The summed E-state index contributed by atoms with van der Waals surface area (Å²) in [5.74, 6) is 0. The maximum Gasteiger partial charge on any atom is 0.106 e. The summed E-state index contributed by atoms with van der Waals surface area (Å²) < 4.78 is 12.1. The van der Waals surface area contributed by atoms with Crippen molar-refractivity contribution < 1.29 is 9.47 Å². The topological polar surface area (TPSA) is 18.5 Å². The third kappa shape index (κ3) is 6.97. The van der Waals surface area contributed by atoms with Crippen molar-refractivity contribution in [3.63, 3.8) is 0 Å². The zero-order valence-corrected chi connectivity index (χ0v) is 18.4. The number of hydrogen-bond donors (Lipinski definition) is 0. The van der Waals surface area contributed by atoms with E-state index in [0.29, 0.717) is 6.61 Å². The fourth-order valence-electron chi connectivity index (χ4n) is 4.03.